The van der Waals surface area contributed by atoms with E-state index < -0.39 is 11.7 Å². The highest BCUT2D eigenvalue weighted by Crippen LogP contribution is 2.32. The monoisotopic (exact) mass is 308 g/mol. The summed E-state index contributed by atoms with van der Waals surface area (Å²) in [5, 5.41) is 10.1. The Labute approximate surface area is 123 Å². The van der Waals surface area contributed by atoms with E-state index in [0.29, 0.717) is 16.5 Å². The molecule has 1 aromatic heterocycles. The third-order valence-corrected chi connectivity index (χ3v) is 3.19. The van der Waals surface area contributed by atoms with E-state index in [2.05, 4.69) is 0 Å². The summed E-state index contributed by atoms with van der Waals surface area (Å²) in [4.78, 5) is 0. The smallest absolute Gasteiger partial charge is 0.416 e. The Kier molecular flexibility index (Phi) is 3.44. The van der Waals surface area contributed by atoms with Crippen LogP contribution in [-0.4, -0.2) is 5.11 Å². The van der Waals surface area contributed by atoms with Gasteiger partial charge in [0.25, 0.3) is 0 Å². The van der Waals surface area contributed by atoms with E-state index in [1.54, 1.807) is 6.07 Å². The third-order valence-electron chi connectivity index (χ3n) is 3.19. The molecule has 114 valence electrons. The first kappa shape index (κ1) is 14.3. The van der Waals surface area contributed by atoms with Crippen LogP contribution in [0.15, 0.2) is 53.1 Å². The molecule has 0 unspecified atom stereocenters. The van der Waals surface area contributed by atoms with Crippen LogP contribution in [0.4, 0.5) is 13.2 Å². The number of halogens is 3. The first-order valence-corrected chi connectivity index (χ1v) is 6.42. The maximum atomic E-state index is 12.6. The number of aromatic hydroxyl groups is 1. The fourth-order valence-corrected chi connectivity index (χ4v) is 2.10. The summed E-state index contributed by atoms with van der Waals surface area (Å²) in [6, 6.07) is 9.29. The van der Waals surface area contributed by atoms with Crippen molar-refractivity contribution in [3.63, 3.8) is 0 Å². The van der Waals surface area contributed by atoms with E-state index >= 15 is 0 Å². The lowest BCUT2D eigenvalue weighted by Crippen LogP contribution is -2.05. The molecule has 1 N–H and O–H groups in total. The van der Waals surface area contributed by atoms with Crippen LogP contribution in [0.25, 0.3) is 11.0 Å². The molecule has 0 saturated heterocycles. The van der Waals surface area contributed by atoms with Crippen LogP contribution in [-0.2, 0) is 12.8 Å². The molecule has 22 heavy (non-hydrogen) atoms. The van der Waals surface area contributed by atoms with Crippen LogP contribution in [0, 0.1) is 0 Å². The highest BCUT2D eigenvalue weighted by Gasteiger charge is 2.30. The zero-order chi connectivity index (χ0) is 15.7. The Morgan fingerprint density at radius 2 is 1.91 bits per heavy atom. The zero-order valence-electron chi connectivity index (χ0n) is 11.2. The van der Waals surface area contributed by atoms with Gasteiger partial charge in [-0.25, -0.2) is 0 Å². The van der Waals surface area contributed by atoms with E-state index in [1.165, 1.54) is 30.5 Å². The van der Waals surface area contributed by atoms with Crippen LogP contribution >= 0.6 is 0 Å². The van der Waals surface area contributed by atoms with Crippen LogP contribution in [0.3, 0.4) is 0 Å². The number of hydrogen-bond donors (Lipinski definition) is 1. The van der Waals surface area contributed by atoms with Gasteiger partial charge in [-0.1, -0.05) is 6.07 Å². The van der Waals surface area contributed by atoms with Crippen molar-refractivity contribution in [2.45, 2.75) is 12.8 Å². The highest BCUT2D eigenvalue weighted by atomic mass is 19.4. The van der Waals surface area contributed by atoms with E-state index in [4.69, 9.17) is 9.15 Å². The van der Waals surface area contributed by atoms with Crippen molar-refractivity contribution in [2.75, 3.05) is 0 Å². The molecule has 0 radical (unpaired) electrons. The van der Waals surface area contributed by atoms with Gasteiger partial charge in [0, 0.05) is 10.9 Å². The van der Waals surface area contributed by atoms with Gasteiger partial charge in [0.2, 0.25) is 0 Å². The Hall–Kier alpha value is -2.63. The molecule has 1 heterocycles. The van der Waals surface area contributed by atoms with Crippen LogP contribution in [0.5, 0.6) is 11.5 Å². The summed E-state index contributed by atoms with van der Waals surface area (Å²) in [6.45, 7) is 0.0394. The quantitative estimate of drug-likeness (QED) is 0.760. The number of hydrogen-bond acceptors (Lipinski definition) is 3. The van der Waals surface area contributed by atoms with Gasteiger partial charge in [-0.05, 0) is 36.4 Å². The summed E-state index contributed by atoms with van der Waals surface area (Å²) in [5.41, 5.74) is 0.448. The lowest BCUT2D eigenvalue weighted by molar-refractivity contribution is -0.137. The molecule has 0 saturated carbocycles. The fourth-order valence-electron chi connectivity index (χ4n) is 2.10. The van der Waals surface area contributed by atoms with Crippen molar-refractivity contribution >= 4 is 11.0 Å². The molecule has 0 aliphatic carbocycles. The van der Waals surface area contributed by atoms with Crippen molar-refractivity contribution in [3.05, 3.63) is 59.9 Å². The molecule has 3 nitrogen and oxygen atoms in total. The number of furan rings is 1. The normalized spacial score (nSPS) is 11.8. The second-order valence-corrected chi connectivity index (χ2v) is 4.76. The summed E-state index contributed by atoms with van der Waals surface area (Å²) in [5.74, 6) is 0.193. The first-order valence-electron chi connectivity index (χ1n) is 6.42. The number of fused-ring (bicyclic) bond motifs is 1. The lowest BCUT2D eigenvalue weighted by atomic mass is 10.2. The number of rotatable bonds is 3. The highest BCUT2D eigenvalue weighted by molar-refractivity contribution is 5.82. The molecule has 0 fully saturated rings. The number of phenols is 1. The zero-order valence-corrected chi connectivity index (χ0v) is 11.2. The van der Waals surface area contributed by atoms with Gasteiger partial charge >= 0.3 is 6.18 Å². The molecule has 6 heteroatoms. The Balaban J connectivity index is 1.81. The summed E-state index contributed by atoms with van der Waals surface area (Å²) in [7, 11) is 0. The van der Waals surface area contributed by atoms with Crippen molar-refractivity contribution in [2.24, 2.45) is 0 Å². The minimum absolute atomic E-state index is 0.0394. The average Bonchev–Trinajstić information content (AvgIpc) is 2.87. The Bertz CT molecular complexity index is 806. The summed E-state index contributed by atoms with van der Waals surface area (Å²) < 4.78 is 48.6. The molecule has 0 amide bonds. The molecule has 0 bridgehead atoms. The van der Waals surface area contributed by atoms with Gasteiger partial charge in [0.15, 0.2) is 0 Å². The van der Waals surface area contributed by atoms with E-state index in [1.807, 2.05) is 0 Å². The first-order chi connectivity index (χ1) is 10.4. The fraction of sp³-hybridized carbons (Fsp3) is 0.125. The molecule has 2 aromatic carbocycles. The molecule has 0 spiro atoms. The standard InChI is InChI=1S/C16H11F3O3/c17-16(18,19)11-2-1-3-13(6-11)21-8-10-9-22-15-5-4-12(20)7-14(10)15/h1-7,9,20H,8H2. The van der Waals surface area contributed by atoms with Gasteiger partial charge in [-0.3, -0.25) is 0 Å². The molecule has 3 rings (SSSR count). The average molecular weight is 308 g/mol. The third kappa shape index (κ3) is 2.86. The molecule has 0 atom stereocenters. The predicted molar refractivity (Wildman–Crippen MR) is 73.7 cm³/mol. The van der Waals surface area contributed by atoms with Gasteiger partial charge in [0.05, 0.1) is 11.8 Å². The van der Waals surface area contributed by atoms with Crippen LogP contribution in [0.1, 0.15) is 11.1 Å². The summed E-state index contributed by atoms with van der Waals surface area (Å²) in [6.07, 6.45) is -2.95. The topological polar surface area (TPSA) is 42.6 Å². The molecule has 0 aliphatic heterocycles. The molecular weight excluding hydrogens is 297 g/mol. The molecular formula is C16H11F3O3. The van der Waals surface area contributed by atoms with E-state index in [-0.39, 0.29) is 18.1 Å². The number of ether oxygens (including phenoxy) is 1. The van der Waals surface area contributed by atoms with Crippen molar-refractivity contribution in [1.82, 2.24) is 0 Å². The van der Waals surface area contributed by atoms with Crippen molar-refractivity contribution in [3.8, 4) is 11.5 Å². The van der Waals surface area contributed by atoms with Gasteiger partial charge in [-0.2, -0.15) is 13.2 Å². The van der Waals surface area contributed by atoms with Crippen molar-refractivity contribution < 1.29 is 27.4 Å². The Morgan fingerprint density at radius 3 is 2.68 bits per heavy atom. The molecule has 0 aliphatic rings. The van der Waals surface area contributed by atoms with Gasteiger partial charge in [-0.15, -0.1) is 0 Å². The van der Waals surface area contributed by atoms with Gasteiger partial charge in [0.1, 0.15) is 23.7 Å². The van der Waals surface area contributed by atoms with Crippen LogP contribution < -0.4 is 4.74 Å². The SMILES string of the molecule is Oc1ccc2occ(COc3cccc(C(F)(F)F)c3)c2c1. The second kappa shape index (κ2) is 5.29. The lowest BCUT2D eigenvalue weighted by Gasteiger charge is -2.09. The maximum absolute atomic E-state index is 12.6. The van der Waals surface area contributed by atoms with Gasteiger partial charge < -0.3 is 14.3 Å². The predicted octanol–water partition coefficient (Wildman–Crippen LogP) is 4.74. The number of phenolic OH excluding ortho intramolecular Hbond substituents is 1. The number of benzene rings is 2. The maximum Gasteiger partial charge on any atom is 0.416 e. The van der Waals surface area contributed by atoms with E-state index in [0.717, 1.165) is 12.1 Å². The Morgan fingerprint density at radius 1 is 1.09 bits per heavy atom. The minimum Gasteiger partial charge on any atom is -0.508 e. The minimum atomic E-state index is -4.41. The second-order valence-electron chi connectivity index (χ2n) is 4.76. The molecule has 3 aromatic rings. The summed E-state index contributed by atoms with van der Waals surface area (Å²) >= 11 is 0. The number of alkyl halides is 3. The van der Waals surface area contributed by atoms with E-state index in [9.17, 15) is 18.3 Å². The largest absolute Gasteiger partial charge is 0.508 e. The van der Waals surface area contributed by atoms with Crippen molar-refractivity contribution in [1.29, 1.82) is 0 Å². The van der Waals surface area contributed by atoms with Crippen LogP contribution in [0.2, 0.25) is 0 Å².